The molecular weight excluding hydrogens is 546 g/mol. The molecule has 2 heterocycles. The van der Waals surface area contributed by atoms with Crippen molar-refractivity contribution in [1.82, 2.24) is 14.9 Å². The third-order valence-electron chi connectivity index (χ3n) is 6.69. The van der Waals surface area contributed by atoms with E-state index in [2.05, 4.69) is 20.8 Å². The topological polar surface area (TPSA) is 92.5 Å². The molecule has 1 fully saturated rings. The Labute approximate surface area is 229 Å². The van der Waals surface area contributed by atoms with Crippen molar-refractivity contribution in [1.29, 1.82) is 0 Å². The van der Waals surface area contributed by atoms with Crippen LogP contribution in [0, 0.1) is 17.0 Å². The van der Waals surface area contributed by atoms with Gasteiger partial charge in [0.1, 0.15) is 5.82 Å². The van der Waals surface area contributed by atoms with E-state index in [1.165, 1.54) is 12.1 Å². The summed E-state index contributed by atoms with van der Waals surface area (Å²) in [7, 11) is 0. The number of halogens is 1. The predicted octanol–water partition coefficient (Wildman–Crippen LogP) is 5.68. The summed E-state index contributed by atoms with van der Waals surface area (Å²) in [5.41, 5.74) is 4.44. The van der Waals surface area contributed by atoms with E-state index in [0.717, 1.165) is 32.7 Å². The maximum Gasteiger partial charge on any atom is 0.269 e. The number of carbonyl (C=O) groups excluding carboxylic acids is 1. The minimum absolute atomic E-state index is 0.0147. The number of hydrogen-bond acceptors (Lipinski definition) is 6. The highest BCUT2D eigenvalue weighted by Crippen LogP contribution is 2.29. The van der Waals surface area contributed by atoms with E-state index in [4.69, 9.17) is 9.97 Å². The summed E-state index contributed by atoms with van der Waals surface area (Å²) in [4.78, 5) is 37.7. The van der Waals surface area contributed by atoms with Crippen LogP contribution in [-0.2, 0) is 6.42 Å². The highest BCUT2D eigenvalue weighted by molar-refractivity contribution is 9.10. The Morgan fingerprint density at radius 2 is 1.66 bits per heavy atom. The molecule has 3 aromatic carbocycles. The van der Waals surface area contributed by atoms with Crippen LogP contribution in [0.1, 0.15) is 27.2 Å². The number of piperazine rings is 1. The molecule has 1 aliphatic rings. The number of nitrogens with zero attached hydrogens (tertiary/aromatic N) is 5. The Bertz CT molecular complexity index is 1470. The molecule has 1 amide bonds. The zero-order chi connectivity index (χ0) is 26.6. The first kappa shape index (κ1) is 25.5. The molecule has 0 aliphatic carbocycles. The molecule has 0 radical (unpaired) electrons. The SMILES string of the molecule is Cc1nc(-c2ccccc2)nc(N2CCN(C(=O)c3cccc(Br)c3)CC2)c1Cc1ccc([N+](=O)[O-])cc1. The minimum atomic E-state index is -0.396. The van der Waals surface area contributed by atoms with Crippen LogP contribution in [0.15, 0.2) is 83.3 Å². The molecule has 1 saturated heterocycles. The molecular formula is C29H26BrN5O3. The van der Waals surface area contributed by atoms with Crippen molar-refractivity contribution in [2.75, 3.05) is 31.1 Å². The van der Waals surface area contributed by atoms with Crippen molar-refractivity contribution >= 4 is 33.3 Å². The first-order valence-electron chi connectivity index (χ1n) is 12.3. The number of aromatic nitrogens is 2. The van der Waals surface area contributed by atoms with Gasteiger partial charge in [-0.05, 0) is 30.7 Å². The second kappa shape index (κ2) is 11.1. The van der Waals surface area contributed by atoms with Gasteiger partial charge in [-0.25, -0.2) is 9.97 Å². The summed E-state index contributed by atoms with van der Waals surface area (Å²) in [6.07, 6.45) is 0.547. The number of nitro groups is 1. The van der Waals surface area contributed by atoms with Crippen LogP contribution in [0.2, 0.25) is 0 Å². The molecule has 0 spiro atoms. The molecule has 8 nitrogen and oxygen atoms in total. The van der Waals surface area contributed by atoms with Gasteiger partial charge >= 0.3 is 0 Å². The zero-order valence-corrected chi connectivity index (χ0v) is 22.5. The van der Waals surface area contributed by atoms with Gasteiger partial charge in [0.05, 0.1) is 4.92 Å². The zero-order valence-electron chi connectivity index (χ0n) is 20.9. The van der Waals surface area contributed by atoms with Crippen LogP contribution >= 0.6 is 15.9 Å². The average molecular weight is 572 g/mol. The number of hydrogen-bond donors (Lipinski definition) is 0. The molecule has 9 heteroatoms. The van der Waals surface area contributed by atoms with Gasteiger partial charge in [0.25, 0.3) is 11.6 Å². The monoisotopic (exact) mass is 571 g/mol. The van der Waals surface area contributed by atoms with Crippen molar-refractivity contribution in [3.8, 4) is 11.4 Å². The van der Waals surface area contributed by atoms with Gasteiger partial charge in [-0.3, -0.25) is 14.9 Å². The molecule has 0 atom stereocenters. The molecule has 38 heavy (non-hydrogen) atoms. The van der Waals surface area contributed by atoms with Crippen molar-refractivity contribution < 1.29 is 9.72 Å². The fourth-order valence-electron chi connectivity index (χ4n) is 4.63. The number of non-ortho nitro benzene ring substituents is 1. The lowest BCUT2D eigenvalue weighted by Gasteiger charge is -2.36. The smallest absolute Gasteiger partial charge is 0.269 e. The number of amides is 1. The summed E-state index contributed by atoms with van der Waals surface area (Å²) in [5, 5.41) is 11.1. The average Bonchev–Trinajstić information content (AvgIpc) is 2.94. The van der Waals surface area contributed by atoms with Crippen molar-refractivity contribution in [2.24, 2.45) is 0 Å². The fourth-order valence-corrected chi connectivity index (χ4v) is 5.03. The van der Waals surface area contributed by atoms with E-state index in [1.807, 2.05) is 66.4 Å². The maximum atomic E-state index is 13.1. The van der Waals surface area contributed by atoms with Gasteiger partial charge in [-0.2, -0.15) is 0 Å². The molecule has 1 aliphatic heterocycles. The number of aryl methyl sites for hydroxylation is 1. The lowest BCUT2D eigenvalue weighted by Crippen LogP contribution is -2.49. The molecule has 0 bridgehead atoms. The second-order valence-electron chi connectivity index (χ2n) is 9.19. The Morgan fingerprint density at radius 3 is 2.32 bits per heavy atom. The minimum Gasteiger partial charge on any atom is -0.353 e. The molecule has 4 aromatic rings. The van der Waals surface area contributed by atoms with Crippen LogP contribution in [0.5, 0.6) is 0 Å². The summed E-state index contributed by atoms with van der Waals surface area (Å²) in [6, 6.07) is 23.9. The first-order valence-corrected chi connectivity index (χ1v) is 13.1. The van der Waals surface area contributed by atoms with Crippen molar-refractivity contribution in [3.05, 3.63) is 116 Å². The summed E-state index contributed by atoms with van der Waals surface area (Å²) in [6.45, 7) is 4.40. The summed E-state index contributed by atoms with van der Waals surface area (Å²) < 4.78 is 0.878. The van der Waals surface area contributed by atoms with Gasteiger partial charge in [0, 0.05) is 71.6 Å². The van der Waals surface area contributed by atoms with Gasteiger partial charge in [0.2, 0.25) is 0 Å². The third kappa shape index (κ3) is 5.57. The number of rotatable bonds is 6. The van der Waals surface area contributed by atoms with Gasteiger partial charge in [-0.15, -0.1) is 0 Å². The Kier molecular flexibility index (Phi) is 7.46. The van der Waals surface area contributed by atoms with Gasteiger partial charge in [-0.1, -0.05) is 64.5 Å². The number of nitro benzene ring substituents is 1. The highest BCUT2D eigenvalue weighted by Gasteiger charge is 2.26. The Morgan fingerprint density at radius 1 is 0.947 bits per heavy atom. The van der Waals surface area contributed by atoms with Crippen LogP contribution in [-0.4, -0.2) is 51.9 Å². The lowest BCUT2D eigenvalue weighted by atomic mass is 10.0. The molecule has 1 aromatic heterocycles. The normalized spacial score (nSPS) is 13.4. The standard InChI is InChI=1S/C29H26BrN5O3/c1-20-26(18-21-10-12-25(13-11-21)35(37)38)28(32-27(31-20)22-6-3-2-4-7-22)33-14-16-34(17-15-33)29(36)23-8-5-9-24(30)19-23/h2-13,19H,14-18H2,1H3. The van der Waals surface area contributed by atoms with Crippen molar-refractivity contribution in [3.63, 3.8) is 0 Å². The predicted molar refractivity (Wildman–Crippen MR) is 150 cm³/mol. The molecule has 5 rings (SSSR count). The molecule has 0 saturated carbocycles. The second-order valence-corrected chi connectivity index (χ2v) is 10.1. The fraction of sp³-hybridized carbons (Fsp3) is 0.207. The van der Waals surface area contributed by atoms with Crippen LogP contribution in [0.3, 0.4) is 0 Å². The summed E-state index contributed by atoms with van der Waals surface area (Å²) in [5.74, 6) is 1.50. The Hall–Kier alpha value is -4.11. The van der Waals surface area contributed by atoms with E-state index in [-0.39, 0.29) is 11.6 Å². The molecule has 192 valence electrons. The maximum absolute atomic E-state index is 13.1. The van der Waals surface area contributed by atoms with E-state index >= 15 is 0 Å². The van der Waals surface area contributed by atoms with Crippen LogP contribution in [0.4, 0.5) is 11.5 Å². The largest absolute Gasteiger partial charge is 0.353 e. The first-order chi connectivity index (χ1) is 18.4. The quantitative estimate of drug-likeness (QED) is 0.218. The number of benzene rings is 3. The van der Waals surface area contributed by atoms with E-state index in [0.29, 0.717) is 44.0 Å². The van der Waals surface area contributed by atoms with Gasteiger partial charge in [0.15, 0.2) is 5.82 Å². The van der Waals surface area contributed by atoms with Crippen LogP contribution < -0.4 is 4.90 Å². The molecule has 0 unspecified atom stereocenters. The van der Waals surface area contributed by atoms with Gasteiger partial charge < -0.3 is 9.80 Å². The van der Waals surface area contributed by atoms with E-state index in [9.17, 15) is 14.9 Å². The lowest BCUT2D eigenvalue weighted by molar-refractivity contribution is -0.384. The third-order valence-corrected chi connectivity index (χ3v) is 7.18. The Balaban J connectivity index is 1.43. The van der Waals surface area contributed by atoms with E-state index in [1.54, 1.807) is 12.1 Å². The summed E-state index contributed by atoms with van der Waals surface area (Å²) >= 11 is 3.45. The highest BCUT2D eigenvalue weighted by atomic mass is 79.9. The van der Waals surface area contributed by atoms with E-state index < -0.39 is 4.92 Å². The number of anilines is 1. The molecule has 0 N–H and O–H groups in total. The van der Waals surface area contributed by atoms with Crippen LogP contribution in [0.25, 0.3) is 11.4 Å². The van der Waals surface area contributed by atoms with Crippen molar-refractivity contribution in [2.45, 2.75) is 13.3 Å². The number of carbonyl (C=O) groups is 1.